The molecule has 12 heavy (non-hydrogen) atoms. The molecule has 0 saturated heterocycles. The van der Waals surface area contributed by atoms with E-state index in [0.29, 0.717) is 13.0 Å². The number of rotatable bonds is 4. The molecule has 0 bridgehead atoms. The Morgan fingerprint density at radius 3 is 2.58 bits per heavy atom. The standard InChI is InChI=1S/C6H11BrO2.CH4N2/c1-2-9-6(8)4-3-5-7;2-1-3/h2-5H2,1H3;1H,(H3,2,3). The summed E-state index contributed by atoms with van der Waals surface area (Å²) in [5.74, 6) is -0.100. The predicted molar refractivity (Wildman–Crippen MR) is 52.6 cm³/mol. The van der Waals surface area contributed by atoms with Crippen LogP contribution in [0.5, 0.6) is 0 Å². The van der Waals surface area contributed by atoms with Crippen LogP contribution in [0.15, 0.2) is 0 Å². The molecule has 0 amide bonds. The normalized spacial score (nSPS) is 7.83. The van der Waals surface area contributed by atoms with Crippen molar-refractivity contribution < 1.29 is 9.53 Å². The lowest BCUT2D eigenvalue weighted by Crippen LogP contribution is -2.03. The van der Waals surface area contributed by atoms with E-state index < -0.39 is 0 Å². The molecule has 0 aromatic carbocycles. The van der Waals surface area contributed by atoms with Crippen LogP contribution in [0.2, 0.25) is 0 Å². The Morgan fingerprint density at radius 1 is 1.75 bits per heavy atom. The lowest BCUT2D eigenvalue weighted by molar-refractivity contribution is -0.143. The summed E-state index contributed by atoms with van der Waals surface area (Å²) in [6.45, 7) is 2.30. The molecule has 0 rings (SSSR count). The summed E-state index contributed by atoms with van der Waals surface area (Å²) in [4.78, 5) is 10.6. The molecule has 0 saturated carbocycles. The minimum Gasteiger partial charge on any atom is -0.466 e. The largest absolute Gasteiger partial charge is 0.466 e. The Kier molecular flexibility index (Phi) is 15.2. The summed E-state index contributed by atoms with van der Waals surface area (Å²) in [6, 6.07) is 0. The van der Waals surface area contributed by atoms with E-state index >= 15 is 0 Å². The maximum absolute atomic E-state index is 10.6. The van der Waals surface area contributed by atoms with Crippen molar-refractivity contribution in [3.8, 4) is 0 Å². The van der Waals surface area contributed by atoms with Crippen molar-refractivity contribution in [3.63, 3.8) is 0 Å². The van der Waals surface area contributed by atoms with Gasteiger partial charge in [-0.2, -0.15) is 0 Å². The van der Waals surface area contributed by atoms with Gasteiger partial charge in [0.15, 0.2) is 0 Å². The lowest BCUT2D eigenvalue weighted by atomic mass is 10.3. The molecule has 0 aromatic heterocycles. The number of esters is 1. The van der Waals surface area contributed by atoms with Gasteiger partial charge in [-0.05, 0) is 13.3 Å². The molecule has 3 N–H and O–H groups in total. The second kappa shape index (κ2) is 13.0. The summed E-state index contributed by atoms with van der Waals surface area (Å²) in [7, 11) is 0. The third-order valence-corrected chi connectivity index (χ3v) is 1.38. The van der Waals surface area contributed by atoms with E-state index in [4.69, 9.17) is 5.41 Å². The molecule has 0 aliphatic heterocycles. The van der Waals surface area contributed by atoms with Gasteiger partial charge in [-0.15, -0.1) is 0 Å². The second-order valence-electron chi connectivity index (χ2n) is 1.76. The molecule has 0 atom stereocenters. The average Bonchev–Trinajstić information content (AvgIpc) is 2.03. The van der Waals surface area contributed by atoms with Crippen LogP contribution in [0.25, 0.3) is 0 Å². The van der Waals surface area contributed by atoms with Gasteiger partial charge in [-0.25, -0.2) is 0 Å². The molecule has 0 unspecified atom stereocenters. The van der Waals surface area contributed by atoms with Gasteiger partial charge in [-0.1, -0.05) is 15.9 Å². The van der Waals surface area contributed by atoms with Crippen LogP contribution >= 0.6 is 15.9 Å². The van der Waals surface area contributed by atoms with Gasteiger partial charge in [0.2, 0.25) is 0 Å². The molecule has 0 aliphatic carbocycles. The molecule has 0 heterocycles. The van der Waals surface area contributed by atoms with Crippen molar-refractivity contribution in [3.05, 3.63) is 0 Å². The number of hydrogen-bond acceptors (Lipinski definition) is 3. The Balaban J connectivity index is 0. The minimum absolute atomic E-state index is 0.100. The van der Waals surface area contributed by atoms with Gasteiger partial charge in [-0.3, -0.25) is 10.2 Å². The molecule has 0 fully saturated rings. The quantitative estimate of drug-likeness (QED) is 0.336. The van der Waals surface area contributed by atoms with Crippen LogP contribution in [-0.2, 0) is 9.53 Å². The fraction of sp³-hybridized carbons (Fsp3) is 0.714. The number of ether oxygens (including phenoxy) is 1. The molecule has 0 radical (unpaired) electrons. The predicted octanol–water partition coefficient (Wildman–Crippen LogP) is 1.28. The number of halogens is 1. The number of hydrogen-bond donors (Lipinski definition) is 2. The zero-order valence-electron chi connectivity index (χ0n) is 7.18. The fourth-order valence-electron chi connectivity index (χ4n) is 0.444. The van der Waals surface area contributed by atoms with Gasteiger partial charge in [0, 0.05) is 11.8 Å². The van der Waals surface area contributed by atoms with Crippen molar-refractivity contribution in [1.29, 1.82) is 5.41 Å². The van der Waals surface area contributed by atoms with E-state index in [1.165, 1.54) is 0 Å². The highest BCUT2D eigenvalue weighted by Crippen LogP contribution is 1.95. The van der Waals surface area contributed by atoms with Gasteiger partial charge in [0.25, 0.3) is 0 Å². The maximum atomic E-state index is 10.6. The minimum atomic E-state index is -0.100. The van der Waals surface area contributed by atoms with E-state index in [1.807, 2.05) is 6.92 Å². The van der Waals surface area contributed by atoms with Gasteiger partial charge >= 0.3 is 5.97 Å². The van der Waals surface area contributed by atoms with Gasteiger partial charge < -0.3 is 10.5 Å². The lowest BCUT2D eigenvalue weighted by Gasteiger charge is -1.97. The molecule has 0 spiro atoms. The highest BCUT2D eigenvalue weighted by molar-refractivity contribution is 9.09. The first-order valence-electron chi connectivity index (χ1n) is 3.65. The SMILES string of the molecule is CCOC(=O)CCCBr.N=CN. The first-order chi connectivity index (χ1) is 5.72. The van der Waals surface area contributed by atoms with Crippen LogP contribution < -0.4 is 5.73 Å². The Morgan fingerprint density at radius 2 is 2.25 bits per heavy atom. The van der Waals surface area contributed by atoms with Crippen molar-refractivity contribution in [2.75, 3.05) is 11.9 Å². The summed E-state index contributed by atoms with van der Waals surface area (Å²) < 4.78 is 4.68. The van der Waals surface area contributed by atoms with E-state index in [9.17, 15) is 4.79 Å². The van der Waals surface area contributed by atoms with Gasteiger partial charge in [0.05, 0.1) is 12.9 Å². The third kappa shape index (κ3) is 16.2. The first kappa shape index (κ1) is 14.0. The summed E-state index contributed by atoms with van der Waals surface area (Å²) in [5.41, 5.74) is 4.39. The Labute approximate surface area is 81.1 Å². The van der Waals surface area contributed by atoms with Crippen molar-refractivity contribution in [1.82, 2.24) is 0 Å². The summed E-state index contributed by atoms with van der Waals surface area (Å²) >= 11 is 3.22. The zero-order valence-corrected chi connectivity index (χ0v) is 8.76. The first-order valence-corrected chi connectivity index (χ1v) is 4.77. The summed E-state index contributed by atoms with van der Waals surface area (Å²) in [5, 5.41) is 6.73. The second-order valence-corrected chi connectivity index (χ2v) is 2.56. The monoisotopic (exact) mass is 238 g/mol. The van der Waals surface area contributed by atoms with Crippen LogP contribution in [0.4, 0.5) is 0 Å². The average molecular weight is 239 g/mol. The summed E-state index contributed by atoms with van der Waals surface area (Å²) in [6.07, 6.45) is 2.14. The molecule has 0 aromatic rings. The van der Waals surface area contributed by atoms with Crippen LogP contribution in [0, 0.1) is 5.41 Å². The molecular weight excluding hydrogens is 224 g/mol. The smallest absolute Gasteiger partial charge is 0.305 e. The molecule has 4 nitrogen and oxygen atoms in total. The zero-order chi connectivity index (χ0) is 9.82. The van der Waals surface area contributed by atoms with Gasteiger partial charge in [0.1, 0.15) is 0 Å². The highest BCUT2D eigenvalue weighted by atomic mass is 79.9. The Bertz CT molecular complexity index is 120. The Hall–Kier alpha value is -0.580. The van der Waals surface area contributed by atoms with Crippen molar-refractivity contribution >= 4 is 28.2 Å². The number of nitrogens with two attached hydrogens (primary N) is 1. The number of nitrogens with one attached hydrogen (secondary N) is 1. The fourth-order valence-corrected chi connectivity index (χ4v) is 0.725. The van der Waals surface area contributed by atoms with E-state index in [1.54, 1.807) is 0 Å². The van der Waals surface area contributed by atoms with E-state index in [2.05, 4.69) is 26.4 Å². The van der Waals surface area contributed by atoms with Crippen LogP contribution in [0.1, 0.15) is 19.8 Å². The molecule has 72 valence electrons. The van der Waals surface area contributed by atoms with Crippen molar-refractivity contribution in [2.45, 2.75) is 19.8 Å². The van der Waals surface area contributed by atoms with E-state index in [0.717, 1.165) is 18.1 Å². The molecule has 0 aliphatic rings. The topological polar surface area (TPSA) is 76.2 Å². The highest BCUT2D eigenvalue weighted by Gasteiger charge is 1.97. The van der Waals surface area contributed by atoms with Crippen molar-refractivity contribution in [2.24, 2.45) is 5.73 Å². The molecule has 5 heteroatoms. The maximum Gasteiger partial charge on any atom is 0.305 e. The number of alkyl halides is 1. The molecular formula is C7H15BrN2O2. The van der Waals surface area contributed by atoms with Crippen LogP contribution in [0.3, 0.4) is 0 Å². The van der Waals surface area contributed by atoms with Crippen LogP contribution in [-0.4, -0.2) is 24.2 Å². The number of carbonyl (C=O) groups is 1. The van der Waals surface area contributed by atoms with E-state index in [-0.39, 0.29) is 5.97 Å². The third-order valence-electron chi connectivity index (χ3n) is 0.820. The number of carbonyl (C=O) groups excluding carboxylic acids is 1.